The Balaban J connectivity index is 1.42. The van der Waals surface area contributed by atoms with Crippen molar-refractivity contribution in [1.82, 2.24) is 4.90 Å². The summed E-state index contributed by atoms with van der Waals surface area (Å²) in [6, 6.07) is 15.2. The number of ether oxygens (including phenoxy) is 4. The topological polar surface area (TPSA) is 57.2 Å². The highest BCUT2D eigenvalue weighted by Gasteiger charge is 2.35. The van der Waals surface area contributed by atoms with Gasteiger partial charge >= 0.3 is 0 Å². The quantitative estimate of drug-likeness (QED) is 0.414. The third kappa shape index (κ3) is 4.47. The van der Waals surface area contributed by atoms with E-state index in [0.29, 0.717) is 36.1 Å². The van der Waals surface area contributed by atoms with Gasteiger partial charge in [-0.25, -0.2) is 0 Å². The van der Waals surface area contributed by atoms with Crippen LogP contribution in [0.4, 0.5) is 0 Å². The molecule has 0 radical (unpaired) electrons. The summed E-state index contributed by atoms with van der Waals surface area (Å²) in [7, 11) is 3.18. The fourth-order valence-corrected chi connectivity index (χ4v) is 4.71. The van der Waals surface area contributed by atoms with Crippen LogP contribution in [0.1, 0.15) is 32.6 Å². The molecule has 0 aromatic heterocycles. The summed E-state index contributed by atoms with van der Waals surface area (Å²) in [6.45, 7) is 3.76. The van der Waals surface area contributed by atoms with E-state index in [9.17, 15) is 4.79 Å². The Hall–Kier alpha value is -3.48. The lowest BCUT2D eigenvalue weighted by Gasteiger charge is -2.30. The summed E-state index contributed by atoms with van der Waals surface area (Å²) < 4.78 is 23.0. The van der Waals surface area contributed by atoms with Crippen LogP contribution in [0, 0.1) is 6.92 Å². The molecule has 3 aromatic carbocycles. The number of hydrogen-bond acceptors (Lipinski definition) is 6. The lowest BCUT2D eigenvalue weighted by Crippen LogP contribution is -2.34. The van der Waals surface area contributed by atoms with E-state index in [0.717, 1.165) is 46.0 Å². The van der Waals surface area contributed by atoms with Crippen molar-refractivity contribution in [2.75, 3.05) is 27.5 Å². The molecule has 0 saturated carbocycles. The highest BCUT2D eigenvalue weighted by atomic mass is 35.5. The maximum atomic E-state index is 13.3. The van der Waals surface area contributed by atoms with Crippen molar-refractivity contribution in [2.45, 2.75) is 19.9 Å². The Morgan fingerprint density at radius 3 is 2.71 bits per heavy atom. The van der Waals surface area contributed by atoms with E-state index >= 15 is 0 Å². The average molecular weight is 492 g/mol. The van der Waals surface area contributed by atoms with Gasteiger partial charge in [0.05, 0.1) is 25.3 Å². The third-order valence-corrected chi connectivity index (χ3v) is 6.74. The van der Waals surface area contributed by atoms with Crippen LogP contribution >= 0.6 is 11.6 Å². The van der Waals surface area contributed by atoms with Crippen molar-refractivity contribution < 1.29 is 23.7 Å². The minimum Gasteiger partial charge on any atom is -0.497 e. The van der Waals surface area contributed by atoms with Crippen molar-refractivity contribution in [3.63, 3.8) is 0 Å². The summed E-state index contributed by atoms with van der Waals surface area (Å²) >= 11 is 6.32. The van der Waals surface area contributed by atoms with Crippen LogP contribution in [-0.4, -0.2) is 38.2 Å². The first-order chi connectivity index (χ1) is 17.0. The highest BCUT2D eigenvalue weighted by molar-refractivity contribution is 6.31. The molecule has 5 rings (SSSR count). The number of hydrogen-bond donors (Lipinski definition) is 0. The summed E-state index contributed by atoms with van der Waals surface area (Å²) in [5.41, 5.74) is 4.12. The SMILES string of the molecule is COc1ccc(/C=C2\Oc3c4c(cc(C)c3C2=O)OCN(CCc2ccccc2Cl)C4)c(OC)c1. The molecular weight excluding hydrogens is 466 g/mol. The number of carbonyl (C=O) groups is 1. The standard InChI is InChI=1S/C28H26ClNO5/c1-17-12-24-21(15-30(16-34-24)11-10-18-6-4-5-7-22(18)29)28-26(17)27(31)25(35-28)13-19-8-9-20(32-2)14-23(19)33-3/h4-9,12-14H,10-11,15-16H2,1-3H3/b25-13-. The predicted octanol–water partition coefficient (Wildman–Crippen LogP) is 5.68. The van der Waals surface area contributed by atoms with E-state index < -0.39 is 0 Å². The summed E-state index contributed by atoms with van der Waals surface area (Å²) in [5.74, 6) is 2.71. The monoisotopic (exact) mass is 491 g/mol. The van der Waals surface area contributed by atoms with Gasteiger partial charge in [-0.05, 0) is 54.8 Å². The molecule has 0 N–H and O–H groups in total. The number of nitrogens with zero attached hydrogens (tertiary/aromatic N) is 1. The number of Topliss-reactive ketones (excluding diaryl/α,β-unsaturated/α-hetero) is 1. The van der Waals surface area contributed by atoms with E-state index in [1.54, 1.807) is 26.4 Å². The Kier molecular flexibility index (Phi) is 6.41. The van der Waals surface area contributed by atoms with E-state index in [1.165, 1.54) is 0 Å². The molecule has 7 heteroatoms. The number of benzene rings is 3. The molecule has 0 amide bonds. The number of carbonyl (C=O) groups excluding carboxylic acids is 1. The molecule has 0 atom stereocenters. The van der Waals surface area contributed by atoms with Crippen LogP contribution in [0.2, 0.25) is 5.02 Å². The number of allylic oxidation sites excluding steroid dienone is 1. The second kappa shape index (κ2) is 9.64. The Bertz CT molecular complexity index is 1330. The number of methoxy groups -OCH3 is 2. The van der Waals surface area contributed by atoms with E-state index in [-0.39, 0.29) is 11.5 Å². The normalized spacial score (nSPS) is 15.9. The van der Waals surface area contributed by atoms with Gasteiger partial charge in [-0.3, -0.25) is 9.69 Å². The zero-order valence-electron chi connectivity index (χ0n) is 19.9. The molecule has 2 aliphatic rings. The minimum atomic E-state index is -0.147. The van der Waals surface area contributed by atoms with Gasteiger partial charge in [0.1, 0.15) is 29.7 Å². The smallest absolute Gasteiger partial charge is 0.232 e. The molecule has 0 fully saturated rings. The maximum Gasteiger partial charge on any atom is 0.232 e. The molecule has 3 aromatic rings. The van der Waals surface area contributed by atoms with Gasteiger partial charge in [0.15, 0.2) is 5.76 Å². The predicted molar refractivity (Wildman–Crippen MR) is 135 cm³/mol. The van der Waals surface area contributed by atoms with Crippen molar-refractivity contribution in [1.29, 1.82) is 0 Å². The summed E-state index contributed by atoms with van der Waals surface area (Å²) in [5, 5.41) is 0.764. The number of rotatable bonds is 6. The molecular formula is C28H26ClNO5. The van der Waals surface area contributed by atoms with Crippen LogP contribution in [-0.2, 0) is 13.0 Å². The van der Waals surface area contributed by atoms with Gasteiger partial charge in [0.25, 0.3) is 0 Å². The van der Waals surface area contributed by atoms with Crippen molar-refractivity contribution in [3.05, 3.63) is 87.1 Å². The summed E-state index contributed by atoms with van der Waals surface area (Å²) in [6.07, 6.45) is 2.51. The van der Waals surface area contributed by atoms with Crippen LogP contribution in [0.3, 0.4) is 0 Å². The van der Waals surface area contributed by atoms with E-state index in [4.69, 9.17) is 30.5 Å². The Morgan fingerprint density at radius 2 is 1.94 bits per heavy atom. The molecule has 0 bridgehead atoms. The first-order valence-corrected chi connectivity index (χ1v) is 11.8. The first-order valence-electron chi connectivity index (χ1n) is 11.4. The lowest BCUT2D eigenvalue weighted by molar-refractivity contribution is 0.0949. The number of aryl methyl sites for hydroxylation is 1. The number of ketones is 1. The Labute approximate surface area is 209 Å². The van der Waals surface area contributed by atoms with Crippen LogP contribution in [0.25, 0.3) is 6.08 Å². The lowest BCUT2D eigenvalue weighted by atomic mass is 9.98. The largest absolute Gasteiger partial charge is 0.497 e. The highest BCUT2D eigenvalue weighted by Crippen LogP contribution is 2.44. The van der Waals surface area contributed by atoms with E-state index in [2.05, 4.69) is 4.90 Å². The van der Waals surface area contributed by atoms with Crippen molar-refractivity contribution in [3.8, 4) is 23.0 Å². The molecule has 2 aliphatic heterocycles. The van der Waals surface area contributed by atoms with Gasteiger partial charge in [0, 0.05) is 29.7 Å². The number of halogens is 1. The molecule has 6 nitrogen and oxygen atoms in total. The van der Waals surface area contributed by atoms with Crippen molar-refractivity contribution >= 4 is 23.5 Å². The molecule has 35 heavy (non-hydrogen) atoms. The van der Waals surface area contributed by atoms with Gasteiger partial charge in [-0.2, -0.15) is 0 Å². The van der Waals surface area contributed by atoms with Crippen LogP contribution in [0.5, 0.6) is 23.0 Å². The van der Waals surface area contributed by atoms with Gasteiger partial charge in [-0.15, -0.1) is 0 Å². The second-order valence-corrected chi connectivity index (χ2v) is 9.00. The van der Waals surface area contributed by atoms with Gasteiger partial charge in [0.2, 0.25) is 5.78 Å². The zero-order chi connectivity index (χ0) is 24.5. The average Bonchev–Trinajstić information content (AvgIpc) is 3.20. The third-order valence-electron chi connectivity index (χ3n) is 6.37. The molecule has 180 valence electrons. The molecule has 2 heterocycles. The maximum absolute atomic E-state index is 13.3. The second-order valence-electron chi connectivity index (χ2n) is 8.59. The van der Waals surface area contributed by atoms with E-state index in [1.807, 2.05) is 49.4 Å². The minimum absolute atomic E-state index is 0.147. The molecule has 0 saturated heterocycles. The van der Waals surface area contributed by atoms with Gasteiger partial charge in [-0.1, -0.05) is 29.8 Å². The number of fused-ring (bicyclic) bond motifs is 3. The molecule has 0 unspecified atom stereocenters. The Morgan fingerprint density at radius 1 is 1.11 bits per heavy atom. The fraction of sp³-hybridized carbons (Fsp3) is 0.250. The fourth-order valence-electron chi connectivity index (χ4n) is 4.48. The molecule has 0 aliphatic carbocycles. The molecule has 0 spiro atoms. The van der Waals surface area contributed by atoms with Crippen LogP contribution in [0.15, 0.2) is 54.3 Å². The van der Waals surface area contributed by atoms with Crippen molar-refractivity contribution in [2.24, 2.45) is 0 Å². The summed E-state index contributed by atoms with van der Waals surface area (Å²) in [4.78, 5) is 15.5. The zero-order valence-corrected chi connectivity index (χ0v) is 20.6. The first kappa shape index (κ1) is 23.3. The van der Waals surface area contributed by atoms with Gasteiger partial charge < -0.3 is 18.9 Å². The van der Waals surface area contributed by atoms with Crippen LogP contribution < -0.4 is 18.9 Å².